The van der Waals surface area contributed by atoms with Crippen molar-refractivity contribution >= 4 is 12.1 Å². The molecule has 1 N–H and O–H groups in total. The minimum atomic E-state index is -1.07. The van der Waals surface area contributed by atoms with Crippen molar-refractivity contribution in [3.8, 4) is 16.9 Å². The molecular formula is C38H41NO6. The van der Waals surface area contributed by atoms with Gasteiger partial charge >= 0.3 is 12.1 Å². The largest absolute Gasteiger partial charge is 0.489 e. The normalized spacial score (nSPS) is 13.7. The molecule has 7 heteroatoms. The summed E-state index contributed by atoms with van der Waals surface area (Å²) in [5.41, 5.74) is 7.03. The molecule has 234 valence electrons. The summed E-state index contributed by atoms with van der Waals surface area (Å²) in [5, 5.41) is 2.71. The highest BCUT2D eigenvalue weighted by atomic mass is 16.6. The van der Waals surface area contributed by atoms with Gasteiger partial charge in [-0.1, -0.05) is 90.5 Å². The Hall–Kier alpha value is -4.62. The minimum Gasteiger partial charge on any atom is -0.489 e. The molecule has 1 aliphatic carbocycles. The maximum absolute atomic E-state index is 13.3. The van der Waals surface area contributed by atoms with Crippen molar-refractivity contribution in [2.75, 3.05) is 6.61 Å². The lowest BCUT2D eigenvalue weighted by Crippen LogP contribution is -2.51. The van der Waals surface area contributed by atoms with Crippen LogP contribution in [0.4, 0.5) is 4.79 Å². The van der Waals surface area contributed by atoms with Gasteiger partial charge in [0, 0.05) is 5.92 Å². The van der Waals surface area contributed by atoms with Gasteiger partial charge in [0.25, 0.3) is 0 Å². The summed E-state index contributed by atoms with van der Waals surface area (Å²) in [6.07, 6.45) is -1.38. The molecule has 45 heavy (non-hydrogen) atoms. The summed E-state index contributed by atoms with van der Waals surface area (Å²) in [7, 11) is 0. The maximum atomic E-state index is 13.3. The molecule has 1 aliphatic rings. The first-order valence-electron chi connectivity index (χ1n) is 15.3. The van der Waals surface area contributed by atoms with Gasteiger partial charge in [-0.25, -0.2) is 9.59 Å². The number of rotatable bonds is 11. The molecule has 0 heterocycles. The van der Waals surface area contributed by atoms with Crippen molar-refractivity contribution in [2.45, 2.75) is 71.5 Å². The van der Waals surface area contributed by atoms with E-state index in [0.29, 0.717) is 12.4 Å². The third-order valence-electron chi connectivity index (χ3n) is 7.71. The average molecular weight is 608 g/mol. The van der Waals surface area contributed by atoms with E-state index >= 15 is 0 Å². The van der Waals surface area contributed by atoms with Crippen molar-refractivity contribution in [3.63, 3.8) is 0 Å². The highest BCUT2D eigenvalue weighted by Gasteiger charge is 2.34. The van der Waals surface area contributed by atoms with Crippen LogP contribution in [0.1, 0.15) is 61.4 Å². The lowest BCUT2D eigenvalue weighted by molar-refractivity contribution is -0.154. The van der Waals surface area contributed by atoms with E-state index in [2.05, 4.69) is 41.7 Å². The number of esters is 1. The Balaban J connectivity index is 1.18. The number of hydrogen-bond donors (Lipinski definition) is 1. The van der Waals surface area contributed by atoms with Crippen molar-refractivity contribution in [3.05, 3.63) is 125 Å². The molecule has 0 radical (unpaired) electrons. The van der Waals surface area contributed by atoms with Crippen LogP contribution in [0.25, 0.3) is 11.1 Å². The third kappa shape index (κ3) is 8.31. The molecule has 4 aromatic rings. The second-order valence-corrected chi connectivity index (χ2v) is 12.4. The van der Waals surface area contributed by atoms with Gasteiger partial charge in [0.05, 0.1) is 11.7 Å². The highest BCUT2D eigenvalue weighted by molar-refractivity contribution is 5.82. The Bertz CT molecular complexity index is 1560. The zero-order chi connectivity index (χ0) is 32.0. The van der Waals surface area contributed by atoms with E-state index in [1.54, 1.807) is 6.92 Å². The molecule has 0 aliphatic heterocycles. The SMILES string of the molecule is Cc1ccc(COc2ccc(COC(=O)[C@@H](NC(=O)OCC3c4ccccc4-c4ccccc43)[C@@H](C)OC(C)(C)C)cc2)cc1. The summed E-state index contributed by atoms with van der Waals surface area (Å²) in [4.78, 5) is 26.4. The first-order valence-corrected chi connectivity index (χ1v) is 15.3. The van der Waals surface area contributed by atoms with Crippen LogP contribution >= 0.6 is 0 Å². The summed E-state index contributed by atoms with van der Waals surface area (Å²) >= 11 is 0. The fraction of sp³-hybridized carbons (Fsp3) is 0.316. The predicted molar refractivity (Wildman–Crippen MR) is 174 cm³/mol. The van der Waals surface area contributed by atoms with E-state index in [9.17, 15) is 9.59 Å². The Morgan fingerprint density at radius 2 is 1.31 bits per heavy atom. The molecule has 0 spiro atoms. The molecule has 2 atom stereocenters. The van der Waals surface area contributed by atoms with Crippen LogP contribution < -0.4 is 10.1 Å². The van der Waals surface area contributed by atoms with E-state index < -0.39 is 29.8 Å². The molecule has 4 aromatic carbocycles. The van der Waals surface area contributed by atoms with Crippen molar-refractivity contribution in [1.29, 1.82) is 0 Å². The topological polar surface area (TPSA) is 83.1 Å². The van der Waals surface area contributed by atoms with Gasteiger partial charge in [-0.3, -0.25) is 0 Å². The summed E-state index contributed by atoms with van der Waals surface area (Å²) < 4.78 is 23.3. The number of carbonyl (C=O) groups excluding carboxylic acids is 2. The molecule has 0 bridgehead atoms. The Kier molecular flexibility index (Phi) is 9.89. The summed E-state index contributed by atoms with van der Waals surface area (Å²) in [6, 6.07) is 30.8. The molecule has 5 rings (SSSR count). The second kappa shape index (κ2) is 14.0. The molecule has 0 saturated carbocycles. The summed E-state index contributed by atoms with van der Waals surface area (Å²) in [6.45, 7) is 10.1. The number of amides is 1. The van der Waals surface area contributed by atoms with E-state index in [1.165, 1.54) is 5.56 Å². The van der Waals surface area contributed by atoms with Crippen LogP contribution in [0, 0.1) is 6.92 Å². The fourth-order valence-electron chi connectivity index (χ4n) is 5.54. The van der Waals surface area contributed by atoms with E-state index in [-0.39, 0.29) is 19.1 Å². The van der Waals surface area contributed by atoms with E-state index in [1.807, 2.05) is 88.4 Å². The standard InChI is InChI=1S/C38H41NO6/c1-25-14-16-27(17-15-25)22-42-29-20-18-28(19-21-29)23-43-36(40)35(26(2)45-38(3,4)5)39-37(41)44-24-34-32-12-8-6-10-30(32)31-11-7-9-13-33(31)34/h6-21,26,34-35H,22-24H2,1-5H3,(H,39,41)/t26-,35+/m1/s1. The average Bonchev–Trinajstić information content (AvgIpc) is 3.34. The van der Waals surface area contributed by atoms with Gasteiger partial charge in [-0.15, -0.1) is 0 Å². The van der Waals surface area contributed by atoms with E-state index in [0.717, 1.165) is 33.4 Å². The summed E-state index contributed by atoms with van der Waals surface area (Å²) in [5.74, 6) is 0.00764. The number of ether oxygens (including phenoxy) is 4. The molecule has 0 aromatic heterocycles. The Labute approximate surface area is 265 Å². The van der Waals surface area contributed by atoms with Gasteiger partial charge in [-0.05, 0) is 80.1 Å². The Morgan fingerprint density at radius 1 is 0.756 bits per heavy atom. The number of carbonyl (C=O) groups is 2. The minimum absolute atomic E-state index is 0.0299. The zero-order valence-corrected chi connectivity index (χ0v) is 26.5. The quantitative estimate of drug-likeness (QED) is 0.176. The molecule has 0 fully saturated rings. The third-order valence-corrected chi connectivity index (χ3v) is 7.71. The second-order valence-electron chi connectivity index (χ2n) is 12.4. The van der Waals surface area contributed by atoms with Gasteiger partial charge in [0.15, 0.2) is 6.04 Å². The lowest BCUT2D eigenvalue weighted by atomic mass is 9.98. The highest BCUT2D eigenvalue weighted by Crippen LogP contribution is 2.44. The molecular weight excluding hydrogens is 566 g/mol. The maximum Gasteiger partial charge on any atom is 0.407 e. The fourth-order valence-corrected chi connectivity index (χ4v) is 5.54. The van der Waals surface area contributed by atoms with Gasteiger partial charge < -0.3 is 24.3 Å². The monoisotopic (exact) mass is 607 g/mol. The van der Waals surface area contributed by atoms with Gasteiger partial charge in [-0.2, -0.15) is 0 Å². The number of fused-ring (bicyclic) bond motifs is 3. The van der Waals surface area contributed by atoms with Crippen LogP contribution in [0.15, 0.2) is 97.1 Å². The first kappa shape index (κ1) is 31.8. The van der Waals surface area contributed by atoms with Crippen molar-refractivity contribution in [1.82, 2.24) is 5.32 Å². The lowest BCUT2D eigenvalue weighted by Gasteiger charge is -2.30. The smallest absolute Gasteiger partial charge is 0.407 e. The van der Waals surface area contributed by atoms with Crippen LogP contribution in [-0.4, -0.2) is 36.4 Å². The van der Waals surface area contributed by atoms with Crippen LogP contribution in [0.2, 0.25) is 0 Å². The van der Waals surface area contributed by atoms with Crippen LogP contribution in [0.5, 0.6) is 5.75 Å². The first-order chi connectivity index (χ1) is 21.6. The van der Waals surface area contributed by atoms with Gasteiger partial charge in [0.1, 0.15) is 25.6 Å². The number of aryl methyl sites for hydroxylation is 1. The predicted octanol–water partition coefficient (Wildman–Crippen LogP) is 7.73. The Morgan fingerprint density at radius 3 is 1.91 bits per heavy atom. The van der Waals surface area contributed by atoms with E-state index in [4.69, 9.17) is 18.9 Å². The van der Waals surface area contributed by atoms with Crippen molar-refractivity contribution < 1.29 is 28.5 Å². The van der Waals surface area contributed by atoms with Crippen LogP contribution in [0.3, 0.4) is 0 Å². The number of nitrogens with one attached hydrogen (secondary N) is 1. The zero-order valence-electron chi connectivity index (χ0n) is 26.5. The molecule has 0 saturated heterocycles. The number of alkyl carbamates (subject to hydrolysis) is 1. The van der Waals surface area contributed by atoms with Gasteiger partial charge in [0.2, 0.25) is 0 Å². The molecule has 0 unspecified atom stereocenters. The molecule has 1 amide bonds. The number of benzene rings is 4. The van der Waals surface area contributed by atoms with Crippen LogP contribution in [-0.2, 0) is 32.2 Å². The van der Waals surface area contributed by atoms with Crippen molar-refractivity contribution in [2.24, 2.45) is 0 Å². The molecule has 7 nitrogen and oxygen atoms in total. The number of hydrogen-bond acceptors (Lipinski definition) is 6.